The van der Waals surface area contributed by atoms with E-state index in [-0.39, 0.29) is 18.2 Å². The number of hydrogen-bond donors (Lipinski definition) is 1. The molecule has 1 N–H and O–H groups in total. The molecule has 0 saturated carbocycles. The van der Waals surface area contributed by atoms with E-state index >= 15 is 0 Å². The smallest absolute Gasteiger partial charge is 0.339 e. The number of aromatic nitrogens is 2. The Balaban J connectivity index is 1.64. The summed E-state index contributed by atoms with van der Waals surface area (Å²) < 4.78 is 17.1. The van der Waals surface area contributed by atoms with Crippen LogP contribution >= 0.6 is 0 Å². The molecule has 0 spiro atoms. The second-order valence-electron chi connectivity index (χ2n) is 9.26. The van der Waals surface area contributed by atoms with E-state index < -0.39 is 5.97 Å². The molecule has 1 fully saturated rings. The van der Waals surface area contributed by atoms with E-state index in [2.05, 4.69) is 34.8 Å². The van der Waals surface area contributed by atoms with Gasteiger partial charge in [-0.25, -0.2) is 14.8 Å². The Bertz CT molecular complexity index is 1240. The van der Waals surface area contributed by atoms with Gasteiger partial charge in [0.2, 0.25) is 5.95 Å². The van der Waals surface area contributed by atoms with Crippen molar-refractivity contribution in [2.24, 2.45) is 0 Å². The summed E-state index contributed by atoms with van der Waals surface area (Å²) in [5.74, 6) is 1.93. The molecule has 0 bridgehead atoms. The lowest BCUT2D eigenvalue weighted by atomic mass is 10.0. The van der Waals surface area contributed by atoms with Crippen molar-refractivity contribution in [3.63, 3.8) is 0 Å². The van der Waals surface area contributed by atoms with Crippen molar-refractivity contribution in [1.29, 1.82) is 0 Å². The van der Waals surface area contributed by atoms with Gasteiger partial charge < -0.3 is 24.2 Å². The van der Waals surface area contributed by atoms with Crippen LogP contribution in [0.15, 0.2) is 42.6 Å². The van der Waals surface area contributed by atoms with Gasteiger partial charge in [-0.05, 0) is 55.0 Å². The van der Waals surface area contributed by atoms with Crippen molar-refractivity contribution in [2.45, 2.75) is 52.2 Å². The standard InChI is InChI=1S/C28H33N3O5/c1-17(2)19-9-8-18(3)25(13-19)36-16-23-22(27(32)33)15-29-28(30-23)31-12-6-7-24(31)21-11-10-20(34-4)14-26(21)35-5/h8-11,13-15,17,24H,6-7,12,16H2,1-5H3,(H,32,33)/t24-/m1/s1. The van der Waals surface area contributed by atoms with E-state index in [0.717, 1.165) is 53.3 Å². The Labute approximate surface area is 211 Å². The Morgan fingerprint density at radius 3 is 2.64 bits per heavy atom. The van der Waals surface area contributed by atoms with E-state index in [1.807, 2.05) is 37.3 Å². The third-order valence-corrected chi connectivity index (χ3v) is 6.64. The van der Waals surface area contributed by atoms with Gasteiger partial charge in [0.25, 0.3) is 0 Å². The number of carbonyl (C=O) groups is 1. The number of carboxylic acid groups (broad SMARTS) is 1. The van der Waals surface area contributed by atoms with Crippen LogP contribution in [0.25, 0.3) is 0 Å². The van der Waals surface area contributed by atoms with E-state index in [0.29, 0.717) is 17.6 Å². The molecule has 1 aromatic heterocycles. The minimum atomic E-state index is -1.08. The summed E-state index contributed by atoms with van der Waals surface area (Å²) in [5.41, 5.74) is 3.53. The van der Waals surface area contributed by atoms with Crippen LogP contribution in [0.4, 0.5) is 5.95 Å². The highest BCUT2D eigenvalue weighted by Crippen LogP contribution is 2.40. The molecular weight excluding hydrogens is 458 g/mol. The van der Waals surface area contributed by atoms with Crippen molar-refractivity contribution in [1.82, 2.24) is 9.97 Å². The first-order valence-electron chi connectivity index (χ1n) is 12.1. The first kappa shape index (κ1) is 25.3. The number of methoxy groups -OCH3 is 2. The van der Waals surface area contributed by atoms with Crippen LogP contribution in [0, 0.1) is 6.92 Å². The van der Waals surface area contributed by atoms with Gasteiger partial charge in [-0.1, -0.05) is 26.0 Å². The van der Waals surface area contributed by atoms with E-state index in [4.69, 9.17) is 14.2 Å². The molecule has 1 aliphatic heterocycles. The molecule has 2 heterocycles. The van der Waals surface area contributed by atoms with Gasteiger partial charge in [-0.15, -0.1) is 0 Å². The van der Waals surface area contributed by atoms with Crippen molar-refractivity contribution < 1.29 is 24.1 Å². The average Bonchev–Trinajstić information content (AvgIpc) is 3.37. The topological polar surface area (TPSA) is 94.0 Å². The van der Waals surface area contributed by atoms with Gasteiger partial charge in [0.1, 0.15) is 29.4 Å². The molecule has 8 nitrogen and oxygen atoms in total. The highest BCUT2D eigenvalue weighted by atomic mass is 16.5. The number of aryl methyl sites for hydroxylation is 1. The summed E-state index contributed by atoms with van der Waals surface area (Å²) in [5, 5.41) is 9.76. The van der Waals surface area contributed by atoms with Crippen LogP contribution in [0.2, 0.25) is 0 Å². The molecule has 1 atom stereocenters. The first-order valence-corrected chi connectivity index (χ1v) is 12.1. The van der Waals surface area contributed by atoms with Gasteiger partial charge in [-0.2, -0.15) is 0 Å². The maximum absolute atomic E-state index is 11.9. The number of hydrogen-bond acceptors (Lipinski definition) is 7. The van der Waals surface area contributed by atoms with E-state index in [9.17, 15) is 9.90 Å². The Kier molecular flexibility index (Phi) is 7.62. The molecule has 3 aromatic rings. The predicted octanol–water partition coefficient (Wildman–Crippen LogP) is 5.54. The summed E-state index contributed by atoms with van der Waals surface area (Å²) in [6.07, 6.45) is 3.23. The lowest BCUT2D eigenvalue weighted by Gasteiger charge is -2.27. The molecular formula is C28H33N3O5. The van der Waals surface area contributed by atoms with Crippen LogP contribution in [0.1, 0.15) is 71.4 Å². The summed E-state index contributed by atoms with van der Waals surface area (Å²) in [4.78, 5) is 23.1. The van der Waals surface area contributed by atoms with Crippen molar-refractivity contribution >= 4 is 11.9 Å². The van der Waals surface area contributed by atoms with E-state index in [1.54, 1.807) is 14.2 Å². The monoisotopic (exact) mass is 491 g/mol. The maximum Gasteiger partial charge on any atom is 0.339 e. The molecule has 190 valence electrons. The fraction of sp³-hybridized carbons (Fsp3) is 0.393. The number of benzene rings is 2. The molecule has 4 rings (SSSR count). The van der Waals surface area contributed by atoms with E-state index in [1.165, 1.54) is 6.20 Å². The lowest BCUT2D eigenvalue weighted by Crippen LogP contribution is -2.26. The molecule has 8 heteroatoms. The molecule has 0 unspecified atom stereocenters. The molecule has 0 radical (unpaired) electrons. The Morgan fingerprint density at radius 2 is 1.94 bits per heavy atom. The number of nitrogens with zero attached hydrogens (tertiary/aromatic N) is 3. The first-order chi connectivity index (χ1) is 17.3. The zero-order chi connectivity index (χ0) is 25.8. The minimum Gasteiger partial charge on any atom is -0.497 e. The lowest BCUT2D eigenvalue weighted by molar-refractivity contribution is 0.0692. The molecule has 1 aliphatic rings. The minimum absolute atomic E-state index is 0.000250. The fourth-order valence-electron chi connectivity index (χ4n) is 4.53. The molecule has 36 heavy (non-hydrogen) atoms. The number of anilines is 1. The summed E-state index contributed by atoms with van der Waals surface area (Å²) in [7, 11) is 3.26. The largest absolute Gasteiger partial charge is 0.497 e. The Morgan fingerprint density at radius 1 is 1.14 bits per heavy atom. The summed E-state index contributed by atoms with van der Waals surface area (Å²) in [6, 6.07) is 11.9. The summed E-state index contributed by atoms with van der Waals surface area (Å²) >= 11 is 0. The van der Waals surface area contributed by atoms with Crippen molar-refractivity contribution in [3.8, 4) is 17.2 Å². The van der Waals surface area contributed by atoms with Crippen LogP contribution < -0.4 is 19.1 Å². The number of carboxylic acids is 1. The van der Waals surface area contributed by atoms with Gasteiger partial charge in [-0.3, -0.25) is 0 Å². The van der Waals surface area contributed by atoms with Gasteiger partial charge in [0, 0.05) is 24.4 Å². The van der Waals surface area contributed by atoms with Crippen LogP contribution in [0.3, 0.4) is 0 Å². The fourth-order valence-corrected chi connectivity index (χ4v) is 4.53. The third-order valence-electron chi connectivity index (χ3n) is 6.64. The van der Waals surface area contributed by atoms with Crippen molar-refractivity contribution in [3.05, 3.63) is 70.5 Å². The second-order valence-corrected chi connectivity index (χ2v) is 9.26. The third kappa shape index (κ3) is 5.22. The number of ether oxygens (including phenoxy) is 3. The van der Waals surface area contributed by atoms with Crippen LogP contribution in [-0.4, -0.2) is 41.8 Å². The predicted molar refractivity (Wildman–Crippen MR) is 137 cm³/mol. The quantitative estimate of drug-likeness (QED) is 0.417. The zero-order valence-electron chi connectivity index (χ0n) is 21.4. The van der Waals surface area contributed by atoms with Gasteiger partial charge in [0.05, 0.1) is 26.0 Å². The zero-order valence-corrected chi connectivity index (χ0v) is 21.4. The second kappa shape index (κ2) is 10.8. The summed E-state index contributed by atoms with van der Waals surface area (Å²) in [6.45, 7) is 7.00. The SMILES string of the molecule is COc1ccc([C@H]2CCCN2c2ncc(C(=O)O)c(COc3cc(C(C)C)ccc3C)n2)c(OC)c1. The van der Waals surface area contributed by atoms with Crippen molar-refractivity contribution in [2.75, 3.05) is 25.7 Å². The highest BCUT2D eigenvalue weighted by Gasteiger charge is 2.31. The molecule has 1 saturated heterocycles. The van der Waals surface area contributed by atoms with Crippen LogP contribution in [-0.2, 0) is 6.61 Å². The van der Waals surface area contributed by atoms with Crippen LogP contribution in [0.5, 0.6) is 17.2 Å². The number of rotatable bonds is 9. The maximum atomic E-state index is 11.9. The molecule has 0 amide bonds. The Hall–Kier alpha value is -3.81. The van der Waals surface area contributed by atoms with Gasteiger partial charge >= 0.3 is 5.97 Å². The van der Waals surface area contributed by atoms with Gasteiger partial charge in [0.15, 0.2) is 0 Å². The molecule has 0 aliphatic carbocycles. The highest BCUT2D eigenvalue weighted by molar-refractivity contribution is 5.88. The average molecular weight is 492 g/mol. The molecule has 2 aromatic carbocycles. The number of aromatic carboxylic acids is 1. The normalized spacial score (nSPS) is 15.3.